The van der Waals surface area contributed by atoms with Gasteiger partial charge in [-0.15, -0.1) is 0 Å². The topological polar surface area (TPSA) is 58.6 Å². The third kappa shape index (κ3) is 2.97. The maximum Gasteiger partial charge on any atom is 0.308 e. The largest absolute Gasteiger partial charge is 0.507 e. The smallest absolute Gasteiger partial charge is 0.308 e. The fourth-order valence-electron chi connectivity index (χ4n) is 5.53. The van der Waals surface area contributed by atoms with Gasteiger partial charge in [-0.1, -0.05) is 6.07 Å². The van der Waals surface area contributed by atoms with E-state index in [1.54, 1.807) is 6.07 Å². The van der Waals surface area contributed by atoms with Crippen LogP contribution in [0.2, 0.25) is 0 Å². The fraction of sp³-hybridized carbons (Fsp3) is 0.632. The number of hydrogen-bond acceptors (Lipinski definition) is 4. The second-order valence-corrected chi connectivity index (χ2v) is 7.94. The zero-order valence-electron chi connectivity index (χ0n) is 13.7. The lowest BCUT2D eigenvalue weighted by Gasteiger charge is -2.57. The second-order valence-electron chi connectivity index (χ2n) is 7.94. The van der Waals surface area contributed by atoms with Crippen molar-refractivity contribution in [3.05, 3.63) is 23.8 Å². The maximum atomic E-state index is 11.0. The van der Waals surface area contributed by atoms with Crippen LogP contribution in [-0.4, -0.2) is 16.6 Å². The summed E-state index contributed by atoms with van der Waals surface area (Å²) in [6.07, 6.45) is 8.19. The lowest BCUT2D eigenvalue weighted by molar-refractivity contribution is -0.131. The van der Waals surface area contributed by atoms with Crippen molar-refractivity contribution in [2.45, 2.75) is 57.5 Å². The van der Waals surface area contributed by atoms with E-state index in [1.165, 1.54) is 51.5 Å². The Balaban J connectivity index is 1.44. The van der Waals surface area contributed by atoms with E-state index in [4.69, 9.17) is 4.74 Å². The van der Waals surface area contributed by atoms with Gasteiger partial charge < -0.3 is 15.2 Å². The molecule has 0 aliphatic heterocycles. The van der Waals surface area contributed by atoms with Crippen LogP contribution in [0.25, 0.3) is 0 Å². The summed E-state index contributed by atoms with van der Waals surface area (Å²) in [5, 5.41) is 14.0. The number of phenolic OH excluding ortho intramolecular Hbond substituents is 1. The molecule has 0 unspecified atom stereocenters. The van der Waals surface area contributed by atoms with E-state index in [0.29, 0.717) is 12.3 Å². The molecule has 4 saturated carbocycles. The van der Waals surface area contributed by atoms with Gasteiger partial charge in [0.25, 0.3) is 0 Å². The predicted octanol–water partition coefficient (Wildman–Crippen LogP) is 3.38. The highest BCUT2D eigenvalue weighted by Crippen LogP contribution is 2.55. The van der Waals surface area contributed by atoms with Crippen molar-refractivity contribution in [1.82, 2.24) is 5.32 Å². The summed E-state index contributed by atoms with van der Waals surface area (Å²) in [7, 11) is 0. The number of phenols is 1. The Labute approximate surface area is 137 Å². The number of aromatic hydroxyl groups is 1. The summed E-state index contributed by atoms with van der Waals surface area (Å²) in [6.45, 7) is 2.04. The van der Waals surface area contributed by atoms with Crippen LogP contribution in [0.15, 0.2) is 18.2 Å². The first-order valence-electron chi connectivity index (χ1n) is 8.77. The minimum Gasteiger partial charge on any atom is -0.507 e. The van der Waals surface area contributed by atoms with Gasteiger partial charge in [0.1, 0.15) is 11.5 Å². The van der Waals surface area contributed by atoms with Crippen LogP contribution < -0.4 is 10.1 Å². The molecule has 0 spiro atoms. The van der Waals surface area contributed by atoms with E-state index in [-0.39, 0.29) is 17.3 Å². The zero-order valence-corrected chi connectivity index (χ0v) is 13.7. The standard InChI is InChI=1S/C19H25NO3/c1-12(21)23-17-3-2-16(18(22)7-17)11-20-19-8-13-4-14(9-19)6-15(5-13)10-19/h2-3,7,13-15,20,22H,4-6,8-11H2,1H3. The molecule has 0 amide bonds. The van der Waals surface area contributed by atoms with Crippen LogP contribution in [0.1, 0.15) is 51.0 Å². The minimum absolute atomic E-state index is 0.195. The van der Waals surface area contributed by atoms with E-state index in [0.717, 1.165) is 23.3 Å². The van der Waals surface area contributed by atoms with Gasteiger partial charge in [-0.2, -0.15) is 0 Å². The van der Waals surface area contributed by atoms with Crippen LogP contribution in [0.4, 0.5) is 0 Å². The third-order valence-corrected chi connectivity index (χ3v) is 6.01. The Morgan fingerprint density at radius 1 is 1.22 bits per heavy atom. The van der Waals surface area contributed by atoms with E-state index in [2.05, 4.69) is 5.32 Å². The highest BCUT2D eigenvalue weighted by atomic mass is 16.5. The van der Waals surface area contributed by atoms with Gasteiger partial charge in [0.2, 0.25) is 0 Å². The van der Waals surface area contributed by atoms with Crippen molar-refractivity contribution in [3.63, 3.8) is 0 Å². The molecule has 0 aromatic heterocycles. The van der Waals surface area contributed by atoms with E-state index < -0.39 is 0 Å². The summed E-state index contributed by atoms with van der Waals surface area (Å²) < 4.78 is 5.01. The van der Waals surface area contributed by atoms with Crippen molar-refractivity contribution in [2.75, 3.05) is 0 Å². The molecule has 4 aliphatic rings. The molecular formula is C19H25NO3. The molecule has 0 heterocycles. The molecular weight excluding hydrogens is 290 g/mol. The first-order valence-corrected chi connectivity index (χ1v) is 8.77. The van der Waals surface area contributed by atoms with Gasteiger partial charge in [-0.25, -0.2) is 0 Å². The van der Waals surface area contributed by atoms with Crippen molar-refractivity contribution < 1.29 is 14.6 Å². The molecule has 1 aromatic rings. The summed E-state index contributed by atoms with van der Waals surface area (Å²) in [6, 6.07) is 5.12. The lowest BCUT2D eigenvalue weighted by atomic mass is 9.53. The quantitative estimate of drug-likeness (QED) is 0.660. The number of carbonyl (C=O) groups excluding carboxylic acids is 1. The highest BCUT2D eigenvalue weighted by Gasteiger charge is 2.50. The Morgan fingerprint density at radius 2 is 1.83 bits per heavy atom. The predicted molar refractivity (Wildman–Crippen MR) is 87.2 cm³/mol. The molecule has 4 aliphatic carbocycles. The van der Waals surface area contributed by atoms with Crippen LogP contribution in [-0.2, 0) is 11.3 Å². The summed E-state index contributed by atoms with van der Waals surface area (Å²) in [5.41, 5.74) is 1.16. The number of carbonyl (C=O) groups is 1. The van der Waals surface area contributed by atoms with E-state index in [1.807, 2.05) is 6.07 Å². The lowest BCUT2D eigenvalue weighted by Crippen LogP contribution is -2.58. The van der Waals surface area contributed by atoms with E-state index >= 15 is 0 Å². The van der Waals surface area contributed by atoms with Gasteiger partial charge in [0.15, 0.2) is 0 Å². The first-order chi connectivity index (χ1) is 11.0. The number of hydrogen-bond donors (Lipinski definition) is 2. The maximum absolute atomic E-state index is 11.0. The van der Waals surface area contributed by atoms with Crippen molar-refractivity contribution in [2.24, 2.45) is 17.8 Å². The molecule has 4 fully saturated rings. The number of esters is 1. The van der Waals surface area contributed by atoms with Crippen LogP contribution >= 0.6 is 0 Å². The minimum atomic E-state index is -0.371. The number of rotatable bonds is 4. The van der Waals surface area contributed by atoms with Crippen LogP contribution in [0, 0.1) is 17.8 Å². The Morgan fingerprint density at radius 3 is 2.35 bits per heavy atom. The van der Waals surface area contributed by atoms with Crippen molar-refractivity contribution in [3.8, 4) is 11.5 Å². The van der Waals surface area contributed by atoms with Gasteiger partial charge in [0, 0.05) is 30.6 Å². The molecule has 0 saturated heterocycles. The Bertz CT molecular complexity index is 590. The summed E-state index contributed by atoms with van der Waals surface area (Å²) in [5.74, 6) is 2.95. The molecule has 124 valence electrons. The molecule has 0 atom stereocenters. The average molecular weight is 315 g/mol. The van der Waals surface area contributed by atoms with Gasteiger partial charge in [-0.05, 0) is 62.3 Å². The molecule has 0 radical (unpaired) electrons. The van der Waals surface area contributed by atoms with Gasteiger partial charge >= 0.3 is 5.97 Å². The molecule has 4 bridgehead atoms. The Hall–Kier alpha value is -1.55. The molecule has 23 heavy (non-hydrogen) atoms. The summed E-state index contributed by atoms with van der Waals surface area (Å²) in [4.78, 5) is 11.0. The van der Waals surface area contributed by atoms with Crippen molar-refractivity contribution >= 4 is 5.97 Å². The van der Waals surface area contributed by atoms with Crippen LogP contribution in [0.3, 0.4) is 0 Å². The molecule has 1 aromatic carbocycles. The van der Waals surface area contributed by atoms with Crippen molar-refractivity contribution in [1.29, 1.82) is 0 Å². The zero-order chi connectivity index (χ0) is 16.0. The molecule has 2 N–H and O–H groups in total. The third-order valence-electron chi connectivity index (χ3n) is 6.01. The van der Waals surface area contributed by atoms with E-state index in [9.17, 15) is 9.90 Å². The Kier molecular flexibility index (Phi) is 3.60. The highest BCUT2D eigenvalue weighted by molar-refractivity contribution is 5.69. The summed E-state index contributed by atoms with van der Waals surface area (Å²) >= 11 is 0. The molecule has 4 nitrogen and oxygen atoms in total. The number of benzene rings is 1. The normalized spacial score (nSPS) is 34.6. The first kappa shape index (κ1) is 15.0. The van der Waals surface area contributed by atoms with Gasteiger partial charge in [-0.3, -0.25) is 4.79 Å². The van der Waals surface area contributed by atoms with Crippen LogP contribution in [0.5, 0.6) is 11.5 Å². The average Bonchev–Trinajstić information content (AvgIpc) is 2.44. The molecule has 4 heteroatoms. The SMILES string of the molecule is CC(=O)Oc1ccc(CNC23CC4CC(CC(C4)C2)C3)c(O)c1. The molecule has 5 rings (SSSR count). The van der Waals surface area contributed by atoms with Gasteiger partial charge in [0.05, 0.1) is 0 Å². The second kappa shape index (κ2) is 5.52. The number of ether oxygens (including phenoxy) is 1. The fourth-order valence-corrected chi connectivity index (χ4v) is 5.53. The number of nitrogens with one attached hydrogen (secondary N) is 1. The monoisotopic (exact) mass is 315 g/mol.